The first-order valence-electron chi connectivity index (χ1n) is 6.31. The van der Waals surface area contributed by atoms with Gasteiger partial charge in [-0.2, -0.15) is 0 Å². The molecule has 114 valence electrons. The second-order valence-electron chi connectivity index (χ2n) is 4.35. The Labute approximate surface area is 135 Å². The van der Waals surface area contributed by atoms with Crippen LogP contribution in [0.15, 0.2) is 46.9 Å². The number of benzene rings is 2. The van der Waals surface area contributed by atoms with Gasteiger partial charge in [0.25, 0.3) is 0 Å². The zero-order valence-electron chi connectivity index (χ0n) is 11.6. The molecule has 0 amide bonds. The molecule has 0 bridgehead atoms. The van der Waals surface area contributed by atoms with Gasteiger partial charge in [0.15, 0.2) is 0 Å². The third-order valence-corrected chi connectivity index (χ3v) is 3.66. The Morgan fingerprint density at radius 1 is 1.09 bits per heavy atom. The lowest BCUT2D eigenvalue weighted by Crippen LogP contribution is -2.13. The van der Waals surface area contributed by atoms with Gasteiger partial charge in [-0.15, -0.1) is 0 Å². The van der Waals surface area contributed by atoms with E-state index >= 15 is 0 Å². The van der Waals surface area contributed by atoms with Crippen LogP contribution in [0.2, 0.25) is 0 Å². The second-order valence-corrected chi connectivity index (χ2v) is 5.20. The molecule has 6 heteroatoms. The normalized spacial score (nSPS) is 10.1. The Morgan fingerprint density at radius 2 is 1.73 bits per heavy atom. The summed E-state index contributed by atoms with van der Waals surface area (Å²) in [4.78, 5) is 23.7. The summed E-state index contributed by atoms with van der Waals surface area (Å²) in [5.41, 5.74) is 0.867. The Hall–Kier alpha value is -2.21. The van der Waals surface area contributed by atoms with Crippen LogP contribution < -0.4 is 0 Å². The van der Waals surface area contributed by atoms with E-state index in [1.165, 1.54) is 37.4 Å². The van der Waals surface area contributed by atoms with E-state index in [0.717, 1.165) is 0 Å². The molecule has 0 saturated heterocycles. The van der Waals surface area contributed by atoms with E-state index < -0.39 is 17.8 Å². The van der Waals surface area contributed by atoms with Crippen molar-refractivity contribution in [2.45, 2.75) is 6.61 Å². The summed E-state index contributed by atoms with van der Waals surface area (Å²) in [7, 11) is 1.24. The van der Waals surface area contributed by atoms with Crippen LogP contribution in [-0.2, 0) is 16.1 Å². The molecule has 0 aliphatic carbocycles. The summed E-state index contributed by atoms with van der Waals surface area (Å²) in [6.07, 6.45) is 0. The quantitative estimate of drug-likeness (QED) is 0.773. The molecule has 0 radical (unpaired) electrons. The van der Waals surface area contributed by atoms with Crippen LogP contribution in [0.4, 0.5) is 4.39 Å². The summed E-state index contributed by atoms with van der Waals surface area (Å²) >= 11 is 3.20. The smallest absolute Gasteiger partial charge is 0.339 e. The molecular formula is C16H12BrFO4. The maximum atomic E-state index is 13.0. The largest absolute Gasteiger partial charge is 0.465 e. The van der Waals surface area contributed by atoms with Crippen LogP contribution in [0.1, 0.15) is 26.3 Å². The first-order valence-corrected chi connectivity index (χ1v) is 7.10. The van der Waals surface area contributed by atoms with E-state index in [1.54, 1.807) is 12.1 Å². The molecule has 0 spiro atoms. The summed E-state index contributed by atoms with van der Waals surface area (Å²) in [6, 6.07) is 10.3. The lowest BCUT2D eigenvalue weighted by molar-refractivity contribution is 0.0457. The fourth-order valence-electron chi connectivity index (χ4n) is 1.81. The maximum absolute atomic E-state index is 13.0. The van der Waals surface area contributed by atoms with Crippen LogP contribution >= 0.6 is 15.9 Å². The SMILES string of the molecule is COC(=O)c1ccccc1C(=O)OCc1ccc(F)cc1Br. The average Bonchev–Trinajstić information content (AvgIpc) is 2.53. The third-order valence-electron chi connectivity index (χ3n) is 2.93. The highest BCUT2D eigenvalue weighted by Crippen LogP contribution is 2.20. The minimum Gasteiger partial charge on any atom is -0.465 e. The van der Waals surface area contributed by atoms with Gasteiger partial charge in [-0.25, -0.2) is 14.0 Å². The predicted octanol–water partition coefficient (Wildman–Crippen LogP) is 3.73. The summed E-state index contributed by atoms with van der Waals surface area (Å²) < 4.78 is 23.3. The Bertz CT molecular complexity index is 715. The molecule has 0 aliphatic heterocycles. The van der Waals surface area contributed by atoms with Crippen molar-refractivity contribution in [2.24, 2.45) is 0 Å². The number of rotatable bonds is 4. The number of carbonyl (C=O) groups excluding carboxylic acids is 2. The summed E-state index contributed by atoms with van der Waals surface area (Å²) in [6.45, 7) is -0.0464. The molecule has 0 heterocycles. The van der Waals surface area contributed by atoms with Crippen LogP contribution in [0.3, 0.4) is 0 Å². The van der Waals surface area contributed by atoms with Gasteiger partial charge < -0.3 is 9.47 Å². The van der Waals surface area contributed by atoms with Crippen molar-refractivity contribution in [3.63, 3.8) is 0 Å². The Balaban J connectivity index is 2.15. The van der Waals surface area contributed by atoms with Crippen molar-refractivity contribution >= 4 is 27.9 Å². The fourth-order valence-corrected chi connectivity index (χ4v) is 2.27. The minimum atomic E-state index is -0.655. The molecule has 22 heavy (non-hydrogen) atoms. The van der Waals surface area contributed by atoms with Crippen molar-refractivity contribution in [3.05, 3.63) is 69.4 Å². The van der Waals surface area contributed by atoms with Gasteiger partial charge in [-0.1, -0.05) is 34.1 Å². The Morgan fingerprint density at radius 3 is 2.32 bits per heavy atom. The lowest BCUT2D eigenvalue weighted by atomic mass is 10.1. The molecule has 2 aromatic rings. The lowest BCUT2D eigenvalue weighted by Gasteiger charge is -2.09. The van der Waals surface area contributed by atoms with Gasteiger partial charge in [0.1, 0.15) is 12.4 Å². The maximum Gasteiger partial charge on any atom is 0.339 e. The summed E-state index contributed by atoms with van der Waals surface area (Å²) in [5.74, 6) is -1.66. The average molecular weight is 367 g/mol. The molecular weight excluding hydrogens is 355 g/mol. The van der Waals surface area contributed by atoms with E-state index in [1.807, 2.05) is 0 Å². The summed E-state index contributed by atoms with van der Waals surface area (Å²) in [5, 5.41) is 0. The van der Waals surface area contributed by atoms with E-state index in [4.69, 9.17) is 4.74 Å². The molecule has 4 nitrogen and oxygen atoms in total. The number of carbonyl (C=O) groups is 2. The van der Waals surface area contributed by atoms with Crippen molar-refractivity contribution in [3.8, 4) is 0 Å². The number of methoxy groups -OCH3 is 1. The second kappa shape index (κ2) is 7.17. The first-order chi connectivity index (χ1) is 10.5. The number of ether oxygens (including phenoxy) is 2. The molecule has 2 aromatic carbocycles. The predicted molar refractivity (Wildman–Crippen MR) is 81.0 cm³/mol. The first kappa shape index (κ1) is 16.2. The highest BCUT2D eigenvalue weighted by molar-refractivity contribution is 9.10. The third kappa shape index (κ3) is 3.71. The van der Waals surface area contributed by atoms with Crippen molar-refractivity contribution < 1.29 is 23.5 Å². The highest BCUT2D eigenvalue weighted by atomic mass is 79.9. The van der Waals surface area contributed by atoms with Gasteiger partial charge in [-0.05, 0) is 24.3 Å². The monoisotopic (exact) mass is 366 g/mol. The fraction of sp³-hybridized carbons (Fsp3) is 0.125. The molecule has 0 atom stereocenters. The number of hydrogen-bond donors (Lipinski definition) is 0. The highest BCUT2D eigenvalue weighted by Gasteiger charge is 2.18. The topological polar surface area (TPSA) is 52.6 Å². The van der Waals surface area contributed by atoms with Gasteiger partial charge >= 0.3 is 11.9 Å². The van der Waals surface area contributed by atoms with Gasteiger partial charge in [0.2, 0.25) is 0 Å². The van der Waals surface area contributed by atoms with Crippen molar-refractivity contribution in [1.82, 2.24) is 0 Å². The molecule has 0 aliphatic rings. The Kier molecular flexibility index (Phi) is 5.27. The van der Waals surface area contributed by atoms with Crippen molar-refractivity contribution in [2.75, 3.05) is 7.11 Å². The minimum absolute atomic E-state index is 0.0464. The van der Waals surface area contributed by atoms with Crippen LogP contribution in [0.25, 0.3) is 0 Å². The molecule has 0 aromatic heterocycles. The number of halogens is 2. The molecule has 0 unspecified atom stereocenters. The van der Waals surface area contributed by atoms with E-state index in [-0.39, 0.29) is 17.7 Å². The van der Waals surface area contributed by atoms with Crippen LogP contribution in [-0.4, -0.2) is 19.0 Å². The van der Waals surface area contributed by atoms with E-state index in [2.05, 4.69) is 20.7 Å². The van der Waals surface area contributed by atoms with E-state index in [0.29, 0.717) is 10.0 Å². The molecule has 0 saturated carbocycles. The number of hydrogen-bond acceptors (Lipinski definition) is 4. The van der Waals surface area contributed by atoms with Gasteiger partial charge in [0.05, 0.1) is 18.2 Å². The van der Waals surface area contributed by atoms with Crippen molar-refractivity contribution in [1.29, 1.82) is 0 Å². The molecule has 2 rings (SSSR count). The zero-order chi connectivity index (χ0) is 16.1. The molecule has 0 N–H and O–H groups in total. The van der Waals surface area contributed by atoms with Crippen LogP contribution in [0, 0.1) is 5.82 Å². The van der Waals surface area contributed by atoms with E-state index in [9.17, 15) is 14.0 Å². The van der Waals surface area contributed by atoms with Crippen LogP contribution in [0.5, 0.6) is 0 Å². The standard InChI is InChI=1S/C16H12BrFO4/c1-21-15(19)12-4-2-3-5-13(12)16(20)22-9-10-6-7-11(18)8-14(10)17/h2-8H,9H2,1H3. The molecule has 0 fully saturated rings. The van der Waals surface area contributed by atoms with Gasteiger partial charge in [0, 0.05) is 10.0 Å². The van der Waals surface area contributed by atoms with Gasteiger partial charge in [-0.3, -0.25) is 0 Å². The zero-order valence-corrected chi connectivity index (χ0v) is 13.2. The number of esters is 2.